The van der Waals surface area contributed by atoms with E-state index in [-0.39, 0.29) is 43.2 Å². The first-order valence-electron chi connectivity index (χ1n) is 12.7. The Labute approximate surface area is 210 Å². The van der Waals surface area contributed by atoms with Crippen molar-refractivity contribution in [3.05, 3.63) is 11.8 Å². The molecule has 202 valence electrons. The number of piperidine rings is 1. The van der Waals surface area contributed by atoms with E-state index < -0.39 is 12.2 Å². The number of ether oxygens (including phenoxy) is 2. The molecule has 1 saturated carbocycles. The van der Waals surface area contributed by atoms with Crippen LogP contribution in [0, 0.1) is 0 Å². The Bertz CT molecular complexity index is 869. The van der Waals surface area contributed by atoms with Crippen molar-refractivity contribution < 1.29 is 27.8 Å². The van der Waals surface area contributed by atoms with Gasteiger partial charge in [-0.05, 0) is 46.5 Å². The van der Waals surface area contributed by atoms with Gasteiger partial charge in [-0.15, -0.1) is 0 Å². The molecule has 12 heteroatoms. The van der Waals surface area contributed by atoms with Crippen molar-refractivity contribution in [1.29, 1.82) is 0 Å². The van der Waals surface area contributed by atoms with Crippen LogP contribution in [0.1, 0.15) is 76.1 Å². The van der Waals surface area contributed by atoms with E-state index in [0.29, 0.717) is 37.3 Å². The minimum Gasteiger partial charge on any atom is -0.444 e. The number of rotatable bonds is 9. The number of carbonyl (C=O) groups is 2. The Morgan fingerprint density at radius 1 is 1.11 bits per heavy atom. The Hall–Kier alpha value is -2.76. The molecule has 2 amide bonds. The number of amides is 2. The van der Waals surface area contributed by atoms with Gasteiger partial charge in [-0.3, -0.25) is 4.79 Å². The van der Waals surface area contributed by atoms with Gasteiger partial charge in [0.2, 0.25) is 5.95 Å². The molecule has 1 aromatic rings. The molecule has 1 aromatic heterocycles. The Morgan fingerprint density at radius 3 is 2.44 bits per heavy atom. The second-order valence-corrected chi connectivity index (χ2v) is 10.2. The highest BCUT2D eigenvalue weighted by Gasteiger charge is 2.28. The van der Waals surface area contributed by atoms with Gasteiger partial charge in [0, 0.05) is 37.9 Å². The zero-order valence-corrected chi connectivity index (χ0v) is 21.3. The van der Waals surface area contributed by atoms with Crippen LogP contribution >= 0.6 is 0 Å². The summed E-state index contributed by atoms with van der Waals surface area (Å²) in [6.07, 6.45) is 7.70. The molecular weight excluding hydrogens is 474 g/mol. The molecule has 0 bridgehead atoms. The van der Waals surface area contributed by atoms with Crippen LogP contribution in [0.5, 0.6) is 0 Å². The summed E-state index contributed by atoms with van der Waals surface area (Å²) in [6, 6.07) is 0.107. The highest BCUT2D eigenvalue weighted by atomic mass is 19.3. The third-order valence-corrected chi connectivity index (χ3v) is 6.09. The average Bonchev–Trinajstić information content (AvgIpc) is 2.82. The van der Waals surface area contributed by atoms with E-state index in [2.05, 4.69) is 30.7 Å². The number of anilines is 2. The quantitative estimate of drug-likeness (QED) is 0.425. The highest BCUT2D eigenvalue weighted by molar-refractivity contribution is 5.98. The zero-order chi connectivity index (χ0) is 26.1. The van der Waals surface area contributed by atoms with Crippen LogP contribution in [0.2, 0.25) is 0 Å². The number of likely N-dealkylation sites (tertiary alicyclic amines) is 1. The maximum Gasteiger partial charge on any atom is 0.410 e. The molecule has 36 heavy (non-hydrogen) atoms. The van der Waals surface area contributed by atoms with Gasteiger partial charge in [0.15, 0.2) is 0 Å². The Balaban J connectivity index is 1.61. The lowest BCUT2D eigenvalue weighted by Crippen LogP contribution is -2.48. The van der Waals surface area contributed by atoms with Crippen LogP contribution in [0.15, 0.2) is 6.20 Å². The number of halogens is 2. The van der Waals surface area contributed by atoms with Crippen molar-refractivity contribution in [3.63, 3.8) is 0 Å². The van der Waals surface area contributed by atoms with Crippen LogP contribution in [-0.4, -0.2) is 77.4 Å². The van der Waals surface area contributed by atoms with Gasteiger partial charge in [0.05, 0.1) is 6.61 Å². The molecule has 3 N–H and O–H groups in total. The Kier molecular flexibility index (Phi) is 10.0. The summed E-state index contributed by atoms with van der Waals surface area (Å²) in [4.78, 5) is 35.8. The lowest BCUT2D eigenvalue weighted by Gasteiger charge is -2.33. The molecule has 1 saturated heterocycles. The van der Waals surface area contributed by atoms with Crippen molar-refractivity contribution >= 4 is 23.8 Å². The third-order valence-electron chi connectivity index (χ3n) is 6.09. The summed E-state index contributed by atoms with van der Waals surface area (Å²) < 4.78 is 34.0. The van der Waals surface area contributed by atoms with Crippen LogP contribution in [0.25, 0.3) is 0 Å². The van der Waals surface area contributed by atoms with Crippen molar-refractivity contribution in [3.8, 4) is 0 Å². The van der Waals surface area contributed by atoms with E-state index in [1.54, 1.807) is 4.90 Å². The van der Waals surface area contributed by atoms with Gasteiger partial charge in [0.1, 0.15) is 17.0 Å². The summed E-state index contributed by atoms with van der Waals surface area (Å²) in [6.45, 7) is 3.55. The summed E-state index contributed by atoms with van der Waals surface area (Å²) in [5.41, 5.74) is -0.231. The molecule has 0 radical (unpaired) electrons. The summed E-state index contributed by atoms with van der Waals surface area (Å²) in [5.74, 6) is 0.350. The first kappa shape index (κ1) is 27.8. The van der Waals surface area contributed by atoms with E-state index in [4.69, 9.17) is 4.74 Å². The number of carbonyl (C=O) groups excluding carboxylic acids is 2. The summed E-state index contributed by atoms with van der Waals surface area (Å²) in [5, 5.41) is 9.29. The number of nitrogens with one attached hydrogen (secondary N) is 3. The maximum absolute atomic E-state index is 13.2. The van der Waals surface area contributed by atoms with Crippen LogP contribution in [0.4, 0.5) is 25.3 Å². The minimum absolute atomic E-state index is 0.0944. The smallest absolute Gasteiger partial charge is 0.410 e. The molecule has 0 spiro atoms. The molecule has 2 heterocycles. The fraction of sp³-hybridized carbons (Fsp3) is 0.750. The number of alkyl halides is 2. The van der Waals surface area contributed by atoms with E-state index in [1.165, 1.54) is 12.6 Å². The van der Waals surface area contributed by atoms with Gasteiger partial charge in [-0.25, -0.2) is 9.78 Å². The fourth-order valence-electron chi connectivity index (χ4n) is 4.29. The highest BCUT2D eigenvalue weighted by Crippen LogP contribution is 2.24. The fourth-order valence-corrected chi connectivity index (χ4v) is 4.29. The summed E-state index contributed by atoms with van der Waals surface area (Å²) >= 11 is 0. The van der Waals surface area contributed by atoms with Gasteiger partial charge in [0.25, 0.3) is 5.91 Å². The zero-order valence-electron chi connectivity index (χ0n) is 21.3. The van der Waals surface area contributed by atoms with Crippen molar-refractivity contribution in [2.45, 2.75) is 90.0 Å². The summed E-state index contributed by atoms with van der Waals surface area (Å²) in [7, 11) is 0. The lowest BCUT2D eigenvalue weighted by atomic mass is 9.95. The SMILES string of the molecule is CC(C)(C)OC(=O)N1CCC(NC(=O)c2cnc(NCCOC(F)F)nc2NC2CCCCC2)CC1. The second kappa shape index (κ2) is 13.0. The van der Waals surface area contributed by atoms with Crippen molar-refractivity contribution in [2.24, 2.45) is 0 Å². The lowest BCUT2D eigenvalue weighted by molar-refractivity contribution is -0.125. The molecule has 2 fully saturated rings. The molecule has 0 aromatic carbocycles. The van der Waals surface area contributed by atoms with E-state index in [9.17, 15) is 18.4 Å². The topological polar surface area (TPSA) is 118 Å². The third kappa shape index (κ3) is 9.03. The first-order chi connectivity index (χ1) is 17.1. The van der Waals surface area contributed by atoms with E-state index in [0.717, 1.165) is 25.7 Å². The molecule has 10 nitrogen and oxygen atoms in total. The average molecular weight is 513 g/mol. The molecular formula is C24H38F2N6O4. The predicted octanol–water partition coefficient (Wildman–Crippen LogP) is 4.00. The minimum atomic E-state index is -2.83. The van der Waals surface area contributed by atoms with Gasteiger partial charge >= 0.3 is 12.7 Å². The normalized spacial score (nSPS) is 17.7. The van der Waals surface area contributed by atoms with Crippen molar-refractivity contribution in [1.82, 2.24) is 20.2 Å². The maximum atomic E-state index is 13.2. The first-order valence-corrected chi connectivity index (χ1v) is 12.7. The van der Waals surface area contributed by atoms with Crippen LogP contribution in [0.3, 0.4) is 0 Å². The van der Waals surface area contributed by atoms with E-state index >= 15 is 0 Å². The molecule has 2 aliphatic rings. The van der Waals surface area contributed by atoms with Gasteiger partial charge in [-0.1, -0.05) is 19.3 Å². The number of hydrogen-bond acceptors (Lipinski definition) is 8. The van der Waals surface area contributed by atoms with E-state index in [1.807, 2.05) is 20.8 Å². The number of aromatic nitrogens is 2. The van der Waals surface area contributed by atoms with Gasteiger partial charge in [-0.2, -0.15) is 13.8 Å². The molecule has 1 aliphatic heterocycles. The number of nitrogens with zero attached hydrogens (tertiary/aromatic N) is 3. The monoisotopic (exact) mass is 512 g/mol. The molecule has 0 unspecified atom stereocenters. The largest absolute Gasteiger partial charge is 0.444 e. The van der Waals surface area contributed by atoms with Crippen LogP contribution in [-0.2, 0) is 9.47 Å². The number of hydrogen-bond donors (Lipinski definition) is 3. The van der Waals surface area contributed by atoms with Crippen molar-refractivity contribution in [2.75, 3.05) is 36.9 Å². The Morgan fingerprint density at radius 2 is 1.81 bits per heavy atom. The van der Waals surface area contributed by atoms with Gasteiger partial charge < -0.3 is 30.3 Å². The standard InChI is InChI=1S/C24H38F2N6O4/c1-24(2,3)36-23(34)32-12-9-17(10-13-32)30-20(33)18-15-28-22(27-11-14-35-21(25)26)31-19(18)29-16-7-5-4-6-8-16/h15-17,21H,4-14H2,1-3H3,(H,30,33)(H2,27,28,29,31). The predicted molar refractivity (Wildman–Crippen MR) is 131 cm³/mol. The molecule has 0 atom stereocenters. The van der Waals surface area contributed by atoms with Crippen LogP contribution < -0.4 is 16.0 Å². The molecule has 3 rings (SSSR count). The molecule has 1 aliphatic carbocycles. The second-order valence-electron chi connectivity index (χ2n) is 10.2.